The fourth-order valence-electron chi connectivity index (χ4n) is 5.89. The maximum absolute atomic E-state index is 12.1. The van der Waals surface area contributed by atoms with Gasteiger partial charge in [-0.3, -0.25) is 35.1 Å². The first-order chi connectivity index (χ1) is 28.9. The Hall–Kier alpha value is -7.12. The summed E-state index contributed by atoms with van der Waals surface area (Å²) >= 11 is 0. The number of carbonyl (C=O) groups excluding carboxylic acids is 4. The van der Waals surface area contributed by atoms with Crippen LogP contribution in [0.15, 0.2) is 86.0 Å². The standard InChI is InChI=1S/C16H20N4O2.C14H15N3O3.C11H10N4O3/c1-11-3-5-12(6-4-11)14(21)17-16-19-18-15(22-16)13-7-9-20(2)10-8-13;1-9-4-6-10(7-5-9)12(18)15-14-17-16-13(20-14)11-3-2-8-19-11;1-6-2-4-7(5-3-6)9(17)13-11-15-14-10(18-11)8(12)16/h3-6,13H,7-10H2,1-2H3,(H,17,19,21);4-7,11H,2-3,8H2,1H3,(H,15,17,18);2-5H,1H3,(H2,12,16)(H,13,15,17). The van der Waals surface area contributed by atoms with Crippen LogP contribution in [0.2, 0.25) is 0 Å². The Balaban J connectivity index is 0.000000152. The molecule has 312 valence electrons. The summed E-state index contributed by atoms with van der Waals surface area (Å²) in [5.41, 5.74) is 9.75. The highest BCUT2D eigenvalue weighted by Gasteiger charge is 2.25. The van der Waals surface area contributed by atoms with E-state index in [1.54, 1.807) is 48.5 Å². The largest absolute Gasteiger partial charge is 0.408 e. The summed E-state index contributed by atoms with van der Waals surface area (Å²) in [7, 11) is 2.11. The Morgan fingerprint density at radius 1 is 0.583 bits per heavy atom. The molecule has 3 aromatic carbocycles. The van der Waals surface area contributed by atoms with Gasteiger partial charge in [-0.15, -0.1) is 15.3 Å². The van der Waals surface area contributed by atoms with Crippen molar-refractivity contribution in [3.05, 3.63) is 124 Å². The van der Waals surface area contributed by atoms with Crippen LogP contribution in [0, 0.1) is 20.8 Å². The first-order valence-electron chi connectivity index (χ1n) is 19.1. The average molecular weight is 820 g/mol. The summed E-state index contributed by atoms with van der Waals surface area (Å²) < 4.78 is 21.3. The van der Waals surface area contributed by atoms with E-state index in [1.807, 2.05) is 45.0 Å². The predicted octanol–water partition coefficient (Wildman–Crippen LogP) is 5.65. The molecule has 2 aliphatic heterocycles. The average Bonchev–Trinajstić information content (AvgIpc) is 4.09. The second-order valence-electron chi connectivity index (χ2n) is 14.2. The third-order valence-corrected chi connectivity index (χ3v) is 9.39. The molecule has 3 aromatic heterocycles. The fraction of sp³-hybridized carbons (Fsp3) is 0.317. The van der Waals surface area contributed by atoms with E-state index in [2.05, 4.69) is 58.5 Å². The lowest BCUT2D eigenvalue weighted by Gasteiger charge is -2.26. The van der Waals surface area contributed by atoms with Crippen LogP contribution in [0.3, 0.4) is 0 Å². The van der Waals surface area contributed by atoms with Gasteiger partial charge in [0.05, 0.1) is 0 Å². The van der Waals surface area contributed by atoms with Gasteiger partial charge in [-0.1, -0.05) is 68.4 Å². The van der Waals surface area contributed by atoms with E-state index in [-0.39, 0.29) is 47.8 Å². The van der Waals surface area contributed by atoms with Gasteiger partial charge in [0, 0.05) is 29.2 Å². The molecule has 6 aromatic rings. The van der Waals surface area contributed by atoms with Crippen LogP contribution >= 0.6 is 0 Å². The second-order valence-corrected chi connectivity index (χ2v) is 14.2. The lowest BCUT2D eigenvalue weighted by atomic mass is 9.97. The number of rotatable bonds is 9. The smallest absolute Gasteiger partial charge is 0.322 e. The highest BCUT2D eigenvalue weighted by Crippen LogP contribution is 2.29. The molecule has 0 spiro atoms. The Labute approximate surface area is 344 Å². The van der Waals surface area contributed by atoms with Crippen molar-refractivity contribution in [2.45, 2.75) is 58.5 Å². The molecule has 4 amide bonds. The normalized spacial score (nSPS) is 15.2. The molecule has 60 heavy (non-hydrogen) atoms. The molecule has 2 aliphatic rings. The molecule has 5 heterocycles. The van der Waals surface area contributed by atoms with Gasteiger partial charge in [0.25, 0.3) is 17.7 Å². The number of ether oxygens (including phenoxy) is 1. The van der Waals surface area contributed by atoms with Gasteiger partial charge in [-0.25, -0.2) is 0 Å². The number of nitrogens with two attached hydrogens (primary N) is 1. The molecule has 2 saturated heterocycles. The summed E-state index contributed by atoms with van der Waals surface area (Å²) in [6.45, 7) is 8.62. The number of nitrogens with zero attached hydrogens (tertiary/aromatic N) is 7. The van der Waals surface area contributed by atoms with Crippen LogP contribution in [-0.2, 0) is 4.74 Å². The summed E-state index contributed by atoms with van der Waals surface area (Å²) in [6.07, 6.45) is 3.72. The number of amides is 4. The number of hydrogen-bond acceptors (Lipinski definition) is 15. The highest BCUT2D eigenvalue weighted by atomic mass is 16.5. The zero-order chi connectivity index (χ0) is 42.6. The molecule has 1 unspecified atom stereocenters. The zero-order valence-electron chi connectivity index (χ0n) is 33.5. The Morgan fingerprint density at radius 3 is 1.42 bits per heavy atom. The first kappa shape index (κ1) is 42.5. The summed E-state index contributed by atoms with van der Waals surface area (Å²) in [5.74, 6) is -0.795. The molecule has 5 N–H and O–H groups in total. The van der Waals surface area contributed by atoms with Crippen molar-refractivity contribution in [3.8, 4) is 0 Å². The third kappa shape index (κ3) is 12.0. The van der Waals surface area contributed by atoms with E-state index in [4.69, 9.17) is 23.7 Å². The topological polar surface area (TPSA) is 260 Å². The van der Waals surface area contributed by atoms with Crippen LogP contribution in [0.5, 0.6) is 0 Å². The Bertz CT molecular complexity index is 2360. The number of nitrogens with one attached hydrogen (secondary N) is 3. The lowest BCUT2D eigenvalue weighted by Crippen LogP contribution is -2.29. The molecular formula is C41H45N11O8. The SMILES string of the molecule is Cc1ccc(C(=O)Nc2nnc(C(N)=O)o2)cc1.Cc1ccc(C(=O)Nc2nnc(C3CCCO3)o2)cc1.Cc1ccc(C(=O)Nc2nnc(C3CCN(C)CC3)o2)cc1. The van der Waals surface area contributed by atoms with Gasteiger partial charge in [0.15, 0.2) is 0 Å². The van der Waals surface area contributed by atoms with Crippen LogP contribution in [0.4, 0.5) is 18.0 Å². The number of piperidine rings is 1. The molecule has 19 heteroatoms. The third-order valence-electron chi connectivity index (χ3n) is 9.39. The number of aromatic nitrogens is 6. The summed E-state index contributed by atoms with van der Waals surface area (Å²) in [5, 5.41) is 30.2. The Morgan fingerprint density at radius 2 is 1.00 bits per heavy atom. The van der Waals surface area contributed by atoms with Crippen molar-refractivity contribution in [1.29, 1.82) is 0 Å². The number of benzene rings is 3. The number of primary amides is 1. The van der Waals surface area contributed by atoms with E-state index >= 15 is 0 Å². The van der Waals surface area contributed by atoms with Crippen molar-refractivity contribution < 1.29 is 37.2 Å². The highest BCUT2D eigenvalue weighted by molar-refractivity contribution is 6.04. The quantitative estimate of drug-likeness (QED) is 0.137. The number of hydrogen-bond donors (Lipinski definition) is 4. The summed E-state index contributed by atoms with van der Waals surface area (Å²) in [6, 6.07) is 21.6. The van der Waals surface area contributed by atoms with Crippen LogP contribution in [0.25, 0.3) is 0 Å². The molecule has 19 nitrogen and oxygen atoms in total. The van der Waals surface area contributed by atoms with Gasteiger partial charge in [-0.05, 0) is 103 Å². The van der Waals surface area contributed by atoms with Crippen molar-refractivity contribution in [2.24, 2.45) is 5.73 Å². The summed E-state index contributed by atoms with van der Waals surface area (Å²) in [4.78, 5) is 48.8. The number of aryl methyl sites for hydroxylation is 3. The van der Waals surface area contributed by atoms with Crippen molar-refractivity contribution in [3.63, 3.8) is 0 Å². The molecule has 0 radical (unpaired) electrons. The maximum Gasteiger partial charge on any atom is 0.322 e. The first-order valence-corrected chi connectivity index (χ1v) is 19.1. The van der Waals surface area contributed by atoms with E-state index in [1.165, 1.54) is 0 Å². The molecule has 0 bridgehead atoms. The minimum Gasteiger partial charge on any atom is -0.408 e. The Kier molecular flexibility index (Phi) is 14.2. The molecule has 0 aliphatic carbocycles. The van der Waals surface area contributed by atoms with Crippen LogP contribution < -0.4 is 21.7 Å². The van der Waals surface area contributed by atoms with Gasteiger partial charge in [0.2, 0.25) is 11.8 Å². The van der Waals surface area contributed by atoms with Crippen LogP contribution in [-0.4, -0.2) is 85.9 Å². The monoisotopic (exact) mass is 819 g/mol. The molecule has 1 atom stereocenters. The molecule has 8 rings (SSSR count). The van der Waals surface area contributed by atoms with E-state index in [0.717, 1.165) is 55.5 Å². The van der Waals surface area contributed by atoms with Gasteiger partial charge in [0.1, 0.15) is 6.10 Å². The van der Waals surface area contributed by atoms with E-state index in [0.29, 0.717) is 35.1 Å². The van der Waals surface area contributed by atoms with E-state index in [9.17, 15) is 19.2 Å². The lowest BCUT2D eigenvalue weighted by molar-refractivity contribution is 0.0893. The minimum atomic E-state index is -0.849. The van der Waals surface area contributed by atoms with E-state index < -0.39 is 11.8 Å². The second kappa shape index (κ2) is 20.0. The van der Waals surface area contributed by atoms with Crippen molar-refractivity contribution in [2.75, 3.05) is 42.7 Å². The fourth-order valence-corrected chi connectivity index (χ4v) is 5.89. The molecule has 2 fully saturated rings. The molecular weight excluding hydrogens is 775 g/mol. The number of carbonyl (C=O) groups is 4. The van der Waals surface area contributed by atoms with Gasteiger partial charge >= 0.3 is 29.8 Å². The van der Waals surface area contributed by atoms with Gasteiger partial charge in [-0.2, -0.15) is 0 Å². The predicted molar refractivity (Wildman–Crippen MR) is 216 cm³/mol. The van der Waals surface area contributed by atoms with Crippen molar-refractivity contribution >= 4 is 41.7 Å². The maximum atomic E-state index is 12.1. The molecule has 0 saturated carbocycles. The van der Waals surface area contributed by atoms with Crippen LogP contribution in [0.1, 0.15) is 108 Å². The van der Waals surface area contributed by atoms with Gasteiger partial charge < -0.3 is 28.6 Å². The number of likely N-dealkylation sites (tertiary alicyclic amines) is 1. The number of anilines is 3. The van der Waals surface area contributed by atoms with Crippen molar-refractivity contribution in [1.82, 2.24) is 35.5 Å². The zero-order valence-corrected chi connectivity index (χ0v) is 33.5. The minimum absolute atomic E-state index is 0.0982.